The molecule has 1 fully saturated rings. The lowest BCUT2D eigenvalue weighted by Crippen LogP contribution is -2.59. The summed E-state index contributed by atoms with van der Waals surface area (Å²) in [5.41, 5.74) is 3.51. The molecular weight excluding hydrogens is 422 g/mol. The quantitative estimate of drug-likeness (QED) is 0.702. The highest BCUT2D eigenvalue weighted by Crippen LogP contribution is 2.50. The highest BCUT2D eigenvalue weighted by molar-refractivity contribution is 7.88. The van der Waals surface area contributed by atoms with Crippen LogP contribution in [0.15, 0.2) is 47.6 Å². The van der Waals surface area contributed by atoms with Crippen molar-refractivity contribution in [3.8, 4) is 5.75 Å². The summed E-state index contributed by atoms with van der Waals surface area (Å²) in [4.78, 5) is 0. The van der Waals surface area contributed by atoms with Gasteiger partial charge in [-0.25, -0.2) is 17.7 Å². The summed E-state index contributed by atoms with van der Waals surface area (Å²) in [6.07, 6.45) is 3.12. The van der Waals surface area contributed by atoms with E-state index < -0.39 is 15.7 Å². The van der Waals surface area contributed by atoms with Gasteiger partial charge in [0.2, 0.25) is 15.7 Å². The van der Waals surface area contributed by atoms with Crippen LogP contribution in [0, 0.1) is 6.92 Å². The molecular formula is C22H24ClN3O3S. The van der Waals surface area contributed by atoms with Gasteiger partial charge < -0.3 is 4.74 Å². The SMILES string of the molecule is Cc1ccc2c(c1)[C@H]1CC(c3ccccc3Cl)=NN1C1(CCN(S(C)(=O)=O)CC1)O2. The Kier molecular flexibility index (Phi) is 4.61. The molecule has 0 saturated carbocycles. The van der Waals surface area contributed by atoms with Crippen LogP contribution in [-0.4, -0.2) is 48.5 Å². The van der Waals surface area contributed by atoms with Gasteiger partial charge in [-0.15, -0.1) is 0 Å². The highest BCUT2D eigenvalue weighted by atomic mass is 35.5. The number of fused-ring (bicyclic) bond motifs is 4. The van der Waals surface area contributed by atoms with Crippen molar-refractivity contribution in [3.05, 3.63) is 64.2 Å². The number of aryl methyl sites for hydroxylation is 1. The summed E-state index contributed by atoms with van der Waals surface area (Å²) < 4.78 is 32.1. The fraction of sp³-hybridized carbons (Fsp3) is 0.409. The van der Waals surface area contributed by atoms with Crippen molar-refractivity contribution in [2.24, 2.45) is 5.10 Å². The van der Waals surface area contributed by atoms with Crippen molar-refractivity contribution in [2.75, 3.05) is 19.3 Å². The molecule has 0 unspecified atom stereocenters. The molecule has 3 aliphatic rings. The number of sulfonamides is 1. The maximum absolute atomic E-state index is 12.0. The molecule has 1 saturated heterocycles. The van der Waals surface area contributed by atoms with Gasteiger partial charge in [0.05, 0.1) is 18.0 Å². The summed E-state index contributed by atoms with van der Waals surface area (Å²) in [5, 5.41) is 7.77. The zero-order chi connectivity index (χ0) is 21.1. The van der Waals surface area contributed by atoms with Gasteiger partial charge in [-0.3, -0.25) is 0 Å². The van der Waals surface area contributed by atoms with Crippen molar-refractivity contribution in [3.63, 3.8) is 0 Å². The molecule has 0 N–H and O–H groups in total. The lowest BCUT2D eigenvalue weighted by molar-refractivity contribution is -0.143. The smallest absolute Gasteiger partial charge is 0.211 e. The molecule has 5 rings (SSSR count). The van der Waals surface area contributed by atoms with Crippen LogP contribution >= 0.6 is 11.6 Å². The first-order valence-corrected chi connectivity index (χ1v) is 12.4. The highest BCUT2D eigenvalue weighted by Gasteiger charge is 2.52. The number of ether oxygens (including phenoxy) is 1. The van der Waals surface area contributed by atoms with Crippen molar-refractivity contribution in [2.45, 2.75) is 38.0 Å². The van der Waals surface area contributed by atoms with E-state index in [-0.39, 0.29) is 6.04 Å². The molecule has 0 radical (unpaired) electrons. The molecule has 1 atom stereocenters. The Labute approximate surface area is 182 Å². The summed E-state index contributed by atoms with van der Waals surface area (Å²) in [5.74, 6) is 0.866. The molecule has 8 heteroatoms. The van der Waals surface area contributed by atoms with Crippen molar-refractivity contribution in [1.29, 1.82) is 0 Å². The van der Waals surface area contributed by atoms with E-state index in [2.05, 4.69) is 24.1 Å². The van der Waals surface area contributed by atoms with Gasteiger partial charge in [0.1, 0.15) is 5.75 Å². The lowest BCUT2D eigenvalue weighted by atomic mass is 9.90. The van der Waals surface area contributed by atoms with E-state index in [1.54, 1.807) is 0 Å². The number of piperidine rings is 1. The minimum absolute atomic E-state index is 0.0460. The molecule has 1 spiro atoms. The molecule has 6 nitrogen and oxygen atoms in total. The average Bonchev–Trinajstić information content (AvgIpc) is 3.15. The Balaban J connectivity index is 1.57. The monoisotopic (exact) mass is 445 g/mol. The van der Waals surface area contributed by atoms with E-state index in [0.29, 0.717) is 31.0 Å². The Morgan fingerprint density at radius 3 is 2.60 bits per heavy atom. The number of hydrazone groups is 1. The number of hydrogen-bond acceptors (Lipinski definition) is 5. The van der Waals surface area contributed by atoms with E-state index in [9.17, 15) is 8.42 Å². The Morgan fingerprint density at radius 2 is 1.90 bits per heavy atom. The van der Waals surface area contributed by atoms with Crippen molar-refractivity contribution in [1.82, 2.24) is 9.31 Å². The number of nitrogens with zero attached hydrogens (tertiary/aromatic N) is 3. The molecule has 0 bridgehead atoms. The second-order valence-corrected chi connectivity index (χ2v) is 10.7. The fourth-order valence-corrected chi connectivity index (χ4v) is 5.85. The predicted octanol–water partition coefficient (Wildman–Crippen LogP) is 3.94. The summed E-state index contributed by atoms with van der Waals surface area (Å²) in [6.45, 7) is 2.91. The minimum atomic E-state index is -3.22. The standard InChI is InChI=1S/C22H24ClN3O3S/c1-15-7-8-21-17(13-15)20-14-19(16-5-3-4-6-18(16)23)24-26(20)22(29-21)9-11-25(12-10-22)30(2,27)28/h3-8,13,20H,9-12,14H2,1-2H3/t20-/m1/s1. The van der Waals surface area contributed by atoms with Crippen LogP contribution in [0.1, 0.15) is 42.0 Å². The molecule has 0 aromatic heterocycles. The first-order chi connectivity index (χ1) is 14.3. The molecule has 0 aliphatic carbocycles. The third-order valence-corrected chi connectivity index (χ3v) is 7.94. The largest absolute Gasteiger partial charge is 0.466 e. The Bertz CT molecular complexity index is 1140. The third-order valence-electron chi connectivity index (χ3n) is 6.31. The van der Waals surface area contributed by atoms with Gasteiger partial charge in [-0.1, -0.05) is 47.5 Å². The Morgan fingerprint density at radius 1 is 1.17 bits per heavy atom. The second-order valence-electron chi connectivity index (χ2n) is 8.34. The topological polar surface area (TPSA) is 62.2 Å². The Hall–Kier alpha value is -2.09. The molecule has 30 heavy (non-hydrogen) atoms. The number of benzene rings is 2. The van der Waals surface area contributed by atoms with Gasteiger partial charge in [0, 0.05) is 48.5 Å². The van der Waals surface area contributed by atoms with Crippen LogP contribution in [0.4, 0.5) is 0 Å². The zero-order valence-electron chi connectivity index (χ0n) is 17.0. The van der Waals surface area contributed by atoms with Crippen LogP contribution in [0.3, 0.4) is 0 Å². The second kappa shape index (κ2) is 6.97. The fourth-order valence-electron chi connectivity index (χ4n) is 4.76. The van der Waals surface area contributed by atoms with Gasteiger partial charge in [0.25, 0.3) is 0 Å². The van der Waals surface area contributed by atoms with E-state index in [0.717, 1.165) is 29.0 Å². The number of halogens is 1. The average molecular weight is 446 g/mol. The van der Waals surface area contributed by atoms with Gasteiger partial charge in [-0.2, -0.15) is 5.10 Å². The molecule has 3 aliphatic heterocycles. The molecule has 0 amide bonds. The molecule has 2 aromatic carbocycles. The van der Waals surface area contributed by atoms with Crippen LogP contribution in [0.2, 0.25) is 5.02 Å². The third kappa shape index (κ3) is 3.20. The van der Waals surface area contributed by atoms with E-state index in [4.69, 9.17) is 21.4 Å². The van der Waals surface area contributed by atoms with Gasteiger partial charge in [0.15, 0.2) is 0 Å². The van der Waals surface area contributed by atoms with Crippen LogP contribution in [0.25, 0.3) is 0 Å². The molecule has 2 aromatic rings. The number of hydrogen-bond donors (Lipinski definition) is 0. The van der Waals surface area contributed by atoms with Crippen LogP contribution in [-0.2, 0) is 10.0 Å². The molecule has 158 valence electrons. The molecule has 3 heterocycles. The summed E-state index contributed by atoms with van der Waals surface area (Å²) >= 11 is 6.47. The maximum atomic E-state index is 12.0. The van der Waals surface area contributed by atoms with Crippen molar-refractivity contribution < 1.29 is 13.2 Å². The lowest BCUT2D eigenvalue weighted by Gasteiger charge is -2.50. The van der Waals surface area contributed by atoms with Crippen LogP contribution < -0.4 is 4.74 Å². The van der Waals surface area contributed by atoms with E-state index in [1.165, 1.54) is 16.1 Å². The normalized spacial score (nSPS) is 23.0. The van der Waals surface area contributed by atoms with E-state index in [1.807, 2.05) is 30.3 Å². The zero-order valence-corrected chi connectivity index (χ0v) is 18.6. The summed E-state index contributed by atoms with van der Waals surface area (Å²) in [7, 11) is -3.22. The minimum Gasteiger partial charge on any atom is -0.466 e. The summed E-state index contributed by atoms with van der Waals surface area (Å²) in [6, 6.07) is 14.1. The van der Waals surface area contributed by atoms with Gasteiger partial charge in [-0.05, 0) is 19.1 Å². The first kappa shape index (κ1) is 19.8. The first-order valence-electron chi connectivity index (χ1n) is 10.1. The van der Waals surface area contributed by atoms with Crippen LogP contribution in [0.5, 0.6) is 5.75 Å². The maximum Gasteiger partial charge on any atom is 0.211 e. The van der Waals surface area contributed by atoms with E-state index >= 15 is 0 Å². The van der Waals surface area contributed by atoms with Crippen molar-refractivity contribution >= 4 is 27.3 Å². The predicted molar refractivity (Wildman–Crippen MR) is 117 cm³/mol. The number of rotatable bonds is 2. The van der Waals surface area contributed by atoms with Gasteiger partial charge >= 0.3 is 0 Å².